The molecule has 0 aromatic carbocycles. The lowest BCUT2D eigenvalue weighted by Crippen LogP contribution is -2.61. The normalized spacial score (nSPS) is 39.3. The molecular formula is C17H25NO. The first kappa shape index (κ1) is 14.4. The molecule has 2 fully saturated rings. The molecule has 2 N–H and O–H groups in total. The van der Waals surface area contributed by atoms with Crippen molar-refractivity contribution < 1.29 is 5.11 Å². The van der Waals surface area contributed by atoms with Crippen LogP contribution in [-0.2, 0) is 0 Å². The minimum absolute atomic E-state index is 0.0386. The fraction of sp³-hybridized carbons (Fsp3) is 0.647. The zero-order valence-electron chi connectivity index (χ0n) is 11.6. The number of rotatable bonds is 3. The topological polar surface area (TPSA) is 32.3 Å². The number of hydrogen-bond acceptors (Lipinski definition) is 2. The van der Waals surface area contributed by atoms with Crippen molar-refractivity contribution in [2.45, 2.75) is 62.6 Å². The molecule has 1 heterocycles. The molecule has 2 rings (SSSR count). The first-order valence-electron chi connectivity index (χ1n) is 7.41. The fourth-order valence-corrected chi connectivity index (χ4v) is 3.87. The predicted molar refractivity (Wildman–Crippen MR) is 79.6 cm³/mol. The molecule has 1 saturated heterocycles. The van der Waals surface area contributed by atoms with E-state index < -0.39 is 0 Å². The maximum atomic E-state index is 10.3. The van der Waals surface area contributed by atoms with Gasteiger partial charge in [0.25, 0.3) is 0 Å². The van der Waals surface area contributed by atoms with E-state index in [0.717, 1.165) is 32.1 Å². The zero-order valence-corrected chi connectivity index (χ0v) is 11.6. The van der Waals surface area contributed by atoms with E-state index in [4.69, 9.17) is 6.42 Å². The molecule has 4 atom stereocenters. The first-order valence-corrected chi connectivity index (χ1v) is 7.41. The molecule has 0 aromatic rings. The molecule has 2 aliphatic rings. The second kappa shape index (κ2) is 6.41. The summed E-state index contributed by atoms with van der Waals surface area (Å²) in [6.07, 6.45) is 18.5. The Balaban J connectivity index is 2.19. The van der Waals surface area contributed by atoms with E-state index in [1.54, 1.807) is 6.08 Å². The minimum atomic E-state index is -0.270. The maximum Gasteiger partial charge on any atom is 0.0620 e. The number of aliphatic hydroxyl groups is 1. The van der Waals surface area contributed by atoms with Crippen LogP contribution in [0, 0.1) is 18.3 Å². The van der Waals surface area contributed by atoms with Gasteiger partial charge >= 0.3 is 0 Å². The van der Waals surface area contributed by atoms with Gasteiger partial charge in [-0.15, -0.1) is 13.0 Å². The molecule has 0 radical (unpaired) electrons. The van der Waals surface area contributed by atoms with E-state index in [1.807, 2.05) is 12.2 Å². The summed E-state index contributed by atoms with van der Waals surface area (Å²) < 4.78 is 0. The van der Waals surface area contributed by atoms with Crippen molar-refractivity contribution >= 4 is 0 Å². The van der Waals surface area contributed by atoms with Crippen molar-refractivity contribution in [3.05, 3.63) is 24.8 Å². The molecule has 0 aromatic heterocycles. The third-order valence-electron chi connectivity index (χ3n) is 4.69. The summed E-state index contributed by atoms with van der Waals surface area (Å²) in [5, 5.41) is 14.2. The third kappa shape index (κ3) is 3.11. The van der Waals surface area contributed by atoms with Crippen LogP contribution in [0.1, 0.15) is 44.9 Å². The molecule has 104 valence electrons. The summed E-state index contributed by atoms with van der Waals surface area (Å²) >= 11 is 0. The smallest absolute Gasteiger partial charge is 0.0620 e. The van der Waals surface area contributed by atoms with Gasteiger partial charge in [0.15, 0.2) is 0 Å². The molecule has 3 unspecified atom stereocenters. The van der Waals surface area contributed by atoms with E-state index in [-0.39, 0.29) is 17.6 Å². The quantitative estimate of drug-likeness (QED) is 0.603. The van der Waals surface area contributed by atoms with Crippen LogP contribution < -0.4 is 5.32 Å². The maximum absolute atomic E-state index is 10.3. The summed E-state index contributed by atoms with van der Waals surface area (Å²) in [5.41, 5.74) is 0.0386. The van der Waals surface area contributed by atoms with Crippen molar-refractivity contribution in [1.82, 2.24) is 5.32 Å². The lowest BCUT2D eigenvalue weighted by atomic mass is 9.66. The molecule has 19 heavy (non-hydrogen) atoms. The van der Waals surface area contributed by atoms with E-state index in [9.17, 15) is 5.11 Å². The average molecular weight is 259 g/mol. The molecule has 2 nitrogen and oxygen atoms in total. The monoisotopic (exact) mass is 259 g/mol. The van der Waals surface area contributed by atoms with Crippen LogP contribution in [0.15, 0.2) is 24.8 Å². The van der Waals surface area contributed by atoms with Gasteiger partial charge in [0.1, 0.15) is 0 Å². The van der Waals surface area contributed by atoms with Crippen LogP contribution in [0.25, 0.3) is 0 Å². The van der Waals surface area contributed by atoms with Crippen LogP contribution in [0.4, 0.5) is 0 Å². The number of hydrogen-bond donors (Lipinski definition) is 2. The van der Waals surface area contributed by atoms with Crippen LogP contribution in [-0.4, -0.2) is 22.8 Å². The van der Waals surface area contributed by atoms with Crippen LogP contribution in [0.2, 0.25) is 0 Å². The SMILES string of the molecule is C#C/C=C\C1C(O)CCCC12CCC[C@@H](CC=C)N2. The van der Waals surface area contributed by atoms with Gasteiger partial charge in [-0.1, -0.05) is 24.5 Å². The summed E-state index contributed by atoms with van der Waals surface area (Å²) in [7, 11) is 0. The molecule has 0 amide bonds. The largest absolute Gasteiger partial charge is 0.392 e. The number of nitrogens with one attached hydrogen (secondary N) is 1. The Morgan fingerprint density at radius 3 is 2.79 bits per heavy atom. The Kier molecular flexibility index (Phi) is 4.85. The van der Waals surface area contributed by atoms with Crippen molar-refractivity contribution in [1.29, 1.82) is 0 Å². The number of piperidine rings is 1. The Labute approximate surface area is 117 Å². The zero-order chi connectivity index (χ0) is 13.7. The number of terminal acetylenes is 1. The van der Waals surface area contributed by atoms with Gasteiger partial charge in [-0.05, 0) is 44.6 Å². The van der Waals surface area contributed by atoms with Crippen molar-refractivity contribution in [2.75, 3.05) is 0 Å². The van der Waals surface area contributed by atoms with E-state index in [2.05, 4.69) is 17.8 Å². The lowest BCUT2D eigenvalue weighted by Gasteiger charge is -2.51. The molecule has 1 aliphatic carbocycles. The van der Waals surface area contributed by atoms with Gasteiger partial charge in [-0.3, -0.25) is 0 Å². The lowest BCUT2D eigenvalue weighted by molar-refractivity contribution is 0.00394. The van der Waals surface area contributed by atoms with Crippen molar-refractivity contribution in [2.24, 2.45) is 5.92 Å². The molecule has 1 saturated carbocycles. The van der Waals surface area contributed by atoms with E-state index in [0.29, 0.717) is 6.04 Å². The van der Waals surface area contributed by atoms with Gasteiger partial charge in [0, 0.05) is 17.5 Å². The van der Waals surface area contributed by atoms with Gasteiger partial charge in [0.2, 0.25) is 0 Å². The molecule has 1 spiro atoms. The van der Waals surface area contributed by atoms with Gasteiger partial charge in [-0.2, -0.15) is 0 Å². The highest BCUT2D eigenvalue weighted by atomic mass is 16.3. The second-order valence-corrected chi connectivity index (χ2v) is 5.93. The second-order valence-electron chi connectivity index (χ2n) is 5.93. The highest BCUT2D eigenvalue weighted by Gasteiger charge is 2.45. The highest BCUT2D eigenvalue weighted by Crippen LogP contribution is 2.41. The molecule has 1 aliphatic heterocycles. The summed E-state index contributed by atoms with van der Waals surface area (Å²) in [6, 6.07) is 0.498. The Morgan fingerprint density at radius 2 is 2.11 bits per heavy atom. The van der Waals surface area contributed by atoms with E-state index in [1.165, 1.54) is 12.8 Å². The minimum Gasteiger partial charge on any atom is -0.392 e. The predicted octanol–water partition coefficient (Wildman–Crippen LogP) is 2.79. The average Bonchev–Trinajstić information content (AvgIpc) is 2.39. The Morgan fingerprint density at radius 1 is 1.37 bits per heavy atom. The fourth-order valence-electron chi connectivity index (χ4n) is 3.87. The van der Waals surface area contributed by atoms with Crippen LogP contribution in [0.5, 0.6) is 0 Å². The third-order valence-corrected chi connectivity index (χ3v) is 4.69. The molecule has 2 heteroatoms. The van der Waals surface area contributed by atoms with Crippen LogP contribution in [0.3, 0.4) is 0 Å². The van der Waals surface area contributed by atoms with Gasteiger partial charge in [0.05, 0.1) is 6.10 Å². The van der Waals surface area contributed by atoms with Gasteiger partial charge < -0.3 is 10.4 Å². The summed E-state index contributed by atoms with van der Waals surface area (Å²) in [4.78, 5) is 0. The molecular weight excluding hydrogens is 234 g/mol. The summed E-state index contributed by atoms with van der Waals surface area (Å²) in [6.45, 7) is 3.84. The summed E-state index contributed by atoms with van der Waals surface area (Å²) in [5.74, 6) is 2.70. The standard InChI is InChI=1S/C17H25NO/c1-3-5-10-15-16(19)11-7-13-17(15)12-6-9-14(18-17)8-4-2/h1,4-5,10,14-16,18-19H,2,6-9,11-13H2/b10-5-/t14-,15?,16?,17?/m1/s1. The van der Waals surface area contributed by atoms with E-state index >= 15 is 0 Å². The Bertz CT molecular complexity index is 377. The highest BCUT2D eigenvalue weighted by molar-refractivity contribution is 5.17. The van der Waals surface area contributed by atoms with Crippen LogP contribution >= 0.6 is 0 Å². The molecule has 0 bridgehead atoms. The number of allylic oxidation sites excluding steroid dienone is 1. The number of aliphatic hydroxyl groups excluding tert-OH is 1. The van der Waals surface area contributed by atoms with Crippen molar-refractivity contribution in [3.63, 3.8) is 0 Å². The Hall–Kier alpha value is -1.04. The van der Waals surface area contributed by atoms with Crippen molar-refractivity contribution in [3.8, 4) is 12.3 Å². The van der Waals surface area contributed by atoms with Gasteiger partial charge in [-0.25, -0.2) is 0 Å². The first-order chi connectivity index (χ1) is 9.22.